The number of carbonyl (C=O) groups is 1. The van der Waals surface area contributed by atoms with Gasteiger partial charge in [-0.25, -0.2) is 0 Å². The van der Waals surface area contributed by atoms with Gasteiger partial charge in [-0.1, -0.05) is 17.7 Å². The van der Waals surface area contributed by atoms with E-state index in [2.05, 4.69) is 17.5 Å². The Labute approximate surface area is 155 Å². The molecule has 1 fully saturated rings. The van der Waals surface area contributed by atoms with E-state index in [4.69, 9.17) is 16.0 Å². The number of hydrogen-bond acceptors (Lipinski definition) is 3. The summed E-state index contributed by atoms with van der Waals surface area (Å²) in [6, 6.07) is 9.74. The standard InChI is InChI=1S/C19H19ClN2O2S/c1-13-16-11-14(20)4-5-17(16)24-18(13)19(23)22-8-6-21(7-9-22)12-15-3-2-10-25-15/h2-5,10-11H,6-9,12H2,1H3/p+1. The van der Waals surface area contributed by atoms with E-state index < -0.39 is 0 Å². The largest absolute Gasteiger partial charge is 0.451 e. The number of rotatable bonds is 3. The molecule has 25 heavy (non-hydrogen) atoms. The molecule has 6 heteroatoms. The van der Waals surface area contributed by atoms with Gasteiger partial charge >= 0.3 is 0 Å². The molecule has 0 bridgehead atoms. The first kappa shape index (κ1) is 16.6. The van der Waals surface area contributed by atoms with Gasteiger partial charge in [0, 0.05) is 16.0 Å². The predicted molar refractivity (Wildman–Crippen MR) is 101 cm³/mol. The molecule has 3 heterocycles. The lowest BCUT2D eigenvalue weighted by atomic mass is 10.1. The van der Waals surface area contributed by atoms with Crippen LogP contribution in [0, 0.1) is 6.92 Å². The van der Waals surface area contributed by atoms with Crippen LogP contribution in [0.5, 0.6) is 0 Å². The van der Waals surface area contributed by atoms with Gasteiger partial charge in [0.2, 0.25) is 0 Å². The van der Waals surface area contributed by atoms with Crippen LogP contribution in [0.3, 0.4) is 0 Å². The second kappa shape index (κ2) is 6.83. The lowest BCUT2D eigenvalue weighted by molar-refractivity contribution is -0.917. The third kappa shape index (κ3) is 3.32. The summed E-state index contributed by atoms with van der Waals surface area (Å²) in [6.45, 7) is 6.42. The highest BCUT2D eigenvalue weighted by Gasteiger charge is 2.28. The van der Waals surface area contributed by atoms with Crippen molar-refractivity contribution < 1.29 is 14.1 Å². The van der Waals surface area contributed by atoms with Crippen molar-refractivity contribution in [3.05, 3.63) is 56.9 Å². The molecule has 4 nitrogen and oxygen atoms in total. The Morgan fingerprint density at radius 2 is 2.12 bits per heavy atom. The number of nitrogens with one attached hydrogen (secondary N) is 1. The minimum absolute atomic E-state index is 0.0139. The number of benzene rings is 1. The SMILES string of the molecule is Cc1c(C(=O)N2CC[NH+](Cc3cccs3)CC2)oc2ccc(Cl)cc12. The summed E-state index contributed by atoms with van der Waals surface area (Å²) in [6.07, 6.45) is 0. The third-order valence-corrected chi connectivity index (χ3v) is 5.97. The number of carbonyl (C=O) groups excluding carboxylic acids is 1. The summed E-state index contributed by atoms with van der Waals surface area (Å²) >= 11 is 7.86. The van der Waals surface area contributed by atoms with Gasteiger partial charge in [-0.15, -0.1) is 11.3 Å². The first-order valence-electron chi connectivity index (χ1n) is 8.45. The molecule has 0 saturated carbocycles. The number of aryl methyl sites for hydroxylation is 1. The van der Waals surface area contributed by atoms with Crippen LogP contribution < -0.4 is 4.90 Å². The third-order valence-electron chi connectivity index (χ3n) is 4.85. The van der Waals surface area contributed by atoms with Crippen LogP contribution in [0.25, 0.3) is 11.0 Å². The van der Waals surface area contributed by atoms with Gasteiger partial charge in [-0.2, -0.15) is 0 Å². The van der Waals surface area contributed by atoms with E-state index in [0.29, 0.717) is 16.4 Å². The van der Waals surface area contributed by atoms with Crippen LogP contribution in [-0.2, 0) is 6.54 Å². The zero-order valence-electron chi connectivity index (χ0n) is 14.0. The second-order valence-electron chi connectivity index (χ2n) is 6.50. The molecule has 1 N–H and O–H groups in total. The summed E-state index contributed by atoms with van der Waals surface area (Å²) in [5.74, 6) is 0.430. The Morgan fingerprint density at radius 1 is 1.32 bits per heavy atom. The fourth-order valence-corrected chi connectivity index (χ4v) is 4.35. The molecule has 1 amide bonds. The van der Waals surface area contributed by atoms with Crippen molar-refractivity contribution in [1.82, 2.24) is 4.90 Å². The number of nitrogens with zero attached hydrogens (tertiary/aromatic N) is 1. The highest BCUT2D eigenvalue weighted by atomic mass is 35.5. The van der Waals surface area contributed by atoms with Crippen LogP contribution in [0.4, 0.5) is 0 Å². The van der Waals surface area contributed by atoms with Gasteiger partial charge in [-0.05, 0) is 36.6 Å². The summed E-state index contributed by atoms with van der Waals surface area (Å²) < 4.78 is 5.83. The predicted octanol–water partition coefficient (Wildman–Crippen LogP) is 3.00. The van der Waals surface area contributed by atoms with Crippen LogP contribution in [-0.4, -0.2) is 37.0 Å². The molecule has 130 valence electrons. The lowest BCUT2D eigenvalue weighted by Crippen LogP contribution is -3.13. The minimum atomic E-state index is -0.0139. The zero-order valence-corrected chi connectivity index (χ0v) is 15.6. The maximum absolute atomic E-state index is 12.9. The highest BCUT2D eigenvalue weighted by Crippen LogP contribution is 2.28. The van der Waals surface area contributed by atoms with Crippen molar-refractivity contribution in [2.45, 2.75) is 13.5 Å². The maximum Gasteiger partial charge on any atom is 0.290 e. The van der Waals surface area contributed by atoms with Gasteiger partial charge in [0.1, 0.15) is 12.1 Å². The van der Waals surface area contributed by atoms with Crippen LogP contribution in [0.1, 0.15) is 21.0 Å². The molecule has 0 radical (unpaired) electrons. The van der Waals surface area contributed by atoms with Crippen molar-refractivity contribution in [3.8, 4) is 0 Å². The van der Waals surface area contributed by atoms with Crippen LogP contribution >= 0.6 is 22.9 Å². The molecule has 0 unspecified atom stereocenters. The molecule has 3 aromatic rings. The van der Waals surface area contributed by atoms with E-state index in [1.54, 1.807) is 17.4 Å². The lowest BCUT2D eigenvalue weighted by Gasteiger charge is -2.31. The molecule has 0 spiro atoms. The molecule has 1 aliphatic rings. The van der Waals surface area contributed by atoms with Crippen molar-refractivity contribution in [1.29, 1.82) is 0 Å². The summed E-state index contributed by atoms with van der Waals surface area (Å²) in [4.78, 5) is 17.7. The van der Waals surface area contributed by atoms with Crippen LogP contribution in [0.15, 0.2) is 40.1 Å². The Hall–Kier alpha value is -1.82. The van der Waals surface area contributed by atoms with E-state index >= 15 is 0 Å². The van der Waals surface area contributed by atoms with Gasteiger partial charge in [0.25, 0.3) is 5.91 Å². The molecule has 0 aliphatic carbocycles. The summed E-state index contributed by atoms with van der Waals surface area (Å²) in [5, 5.41) is 3.68. The zero-order chi connectivity index (χ0) is 17.4. The average molecular weight is 376 g/mol. The Morgan fingerprint density at radius 3 is 2.84 bits per heavy atom. The Balaban J connectivity index is 1.46. The number of furan rings is 1. The molecular weight excluding hydrogens is 356 g/mol. The second-order valence-corrected chi connectivity index (χ2v) is 7.96. The van der Waals surface area contributed by atoms with E-state index in [9.17, 15) is 4.79 Å². The normalized spacial score (nSPS) is 15.8. The van der Waals surface area contributed by atoms with Crippen molar-refractivity contribution >= 4 is 39.8 Å². The molecule has 2 aromatic heterocycles. The molecule has 4 rings (SSSR count). The fraction of sp³-hybridized carbons (Fsp3) is 0.316. The summed E-state index contributed by atoms with van der Waals surface area (Å²) in [7, 11) is 0. The van der Waals surface area contributed by atoms with E-state index in [-0.39, 0.29) is 5.91 Å². The van der Waals surface area contributed by atoms with Crippen molar-refractivity contribution in [2.24, 2.45) is 0 Å². The number of hydrogen-bond donors (Lipinski definition) is 1. The van der Waals surface area contributed by atoms with Crippen molar-refractivity contribution in [3.63, 3.8) is 0 Å². The number of thiophene rings is 1. The number of halogens is 1. The van der Waals surface area contributed by atoms with Gasteiger partial charge in [0.05, 0.1) is 31.1 Å². The van der Waals surface area contributed by atoms with Crippen molar-refractivity contribution in [2.75, 3.05) is 26.2 Å². The highest BCUT2D eigenvalue weighted by molar-refractivity contribution is 7.09. The smallest absolute Gasteiger partial charge is 0.290 e. The van der Waals surface area contributed by atoms with E-state index in [0.717, 1.165) is 43.7 Å². The van der Waals surface area contributed by atoms with E-state index in [1.807, 2.05) is 24.0 Å². The maximum atomic E-state index is 12.9. The molecular formula is C19H20ClN2O2S+. The number of piperazine rings is 1. The fourth-order valence-electron chi connectivity index (χ4n) is 3.40. The van der Waals surface area contributed by atoms with E-state index in [1.165, 1.54) is 9.78 Å². The Kier molecular flexibility index (Phi) is 4.54. The van der Waals surface area contributed by atoms with Gasteiger partial charge in [0.15, 0.2) is 5.76 Å². The summed E-state index contributed by atoms with van der Waals surface area (Å²) in [5.41, 5.74) is 1.59. The number of fused-ring (bicyclic) bond motifs is 1. The van der Waals surface area contributed by atoms with Crippen LogP contribution in [0.2, 0.25) is 5.02 Å². The first-order chi connectivity index (χ1) is 12.1. The monoisotopic (exact) mass is 375 g/mol. The number of amides is 1. The minimum Gasteiger partial charge on any atom is -0.451 e. The molecule has 0 atom stereocenters. The first-order valence-corrected chi connectivity index (χ1v) is 9.71. The topological polar surface area (TPSA) is 37.9 Å². The molecule has 1 saturated heterocycles. The number of quaternary nitrogens is 1. The van der Waals surface area contributed by atoms with Gasteiger partial charge < -0.3 is 14.2 Å². The Bertz CT molecular complexity index is 896. The molecule has 1 aliphatic heterocycles. The average Bonchev–Trinajstić information content (AvgIpc) is 3.23. The van der Waals surface area contributed by atoms with Gasteiger partial charge in [-0.3, -0.25) is 4.79 Å². The quantitative estimate of drug-likeness (QED) is 0.764. The molecule has 1 aromatic carbocycles.